The third-order valence-electron chi connectivity index (χ3n) is 6.93. The fourth-order valence-electron chi connectivity index (χ4n) is 4.85. The Morgan fingerprint density at radius 3 is 1.62 bits per heavy atom. The Balaban J connectivity index is 1.71. The van der Waals surface area contributed by atoms with Crippen LogP contribution in [0, 0.1) is 33.6 Å². The monoisotopic (exact) mass is 493 g/mol. The molecule has 4 rings (SSSR count). The maximum atomic E-state index is 11.0. The second-order valence-electron chi connectivity index (χ2n) is 10.8. The van der Waals surface area contributed by atoms with Crippen LogP contribution in [0.4, 0.5) is 0 Å². The van der Waals surface area contributed by atoms with Crippen LogP contribution in [0.25, 0.3) is 34.2 Å². The molecule has 4 nitrogen and oxygen atoms in total. The van der Waals surface area contributed by atoms with Gasteiger partial charge in [-0.25, -0.2) is 15.0 Å². The molecule has 0 aliphatic carbocycles. The first-order valence-corrected chi connectivity index (χ1v) is 13.4. The lowest BCUT2D eigenvalue weighted by Gasteiger charge is -2.13. The summed E-state index contributed by atoms with van der Waals surface area (Å²) in [6.45, 7) is 12.9. The molecule has 0 radical (unpaired) electrons. The standard InChI is InChI=1S/C33H39N3O/c1-21(2)10-8-7-9-11-26-14-17-29(30(37)20-26)33-35-31(27-15-12-22(3)18-24(27)5)34-32(36-33)28-16-13-23(4)19-25(28)6/h12-21,37H,7-11H2,1-6H3. The quantitative estimate of drug-likeness (QED) is 0.237. The molecule has 1 aromatic heterocycles. The van der Waals surface area contributed by atoms with E-state index in [2.05, 4.69) is 84.0 Å². The Labute approximate surface area is 221 Å². The molecule has 192 valence electrons. The summed E-state index contributed by atoms with van der Waals surface area (Å²) in [6.07, 6.45) is 5.84. The molecule has 0 aliphatic rings. The molecule has 0 aliphatic heterocycles. The van der Waals surface area contributed by atoms with E-state index in [1.165, 1.54) is 30.4 Å². The number of aryl methyl sites for hydroxylation is 5. The van der Waals surface area contributed by atoms with Crippen LogP contribution >= 0.6 is 0 Å². The van der Waals surface area contributed by atoms with Crippen LogP contribution < -0.4 is 0 Å². The summed E-state index contributed by atoms with van der Waals surface area (Å²) in [5, 5.41) is 11.0. The summed E-state index contributed by atoms with van der Waals surface area (Å²) in [6, 6.07) is 18.5. The van der Waals surface area contributed by atoms with Crippen molar-refractivity contribution in [1.82, 2.24) is 15.0 Å². The molecule has 4 aromatic rings. The first-order valence-electron chi connectivity index (χ1n) is 13.4. The van der Waals surface area contributed by atoms with E-state index < -0.39 is 0 Å². The average Bonchev–Trinajstić information content (AvgIpc) is 2.83. The van der Waals surface area contributed by atoms with Gasteiger partial charge >= 0.3 is 0 Å². The van der Waals surface area contributed by atoms with Crippen molar-refractivity contribution in [3.63, 3.8) is 0 Å². The maximum absolute atomic E-state index is 11.0. The summed E-state index contributed by atoms with van der Waals surface area (Å²) >= 11 is 0. The summed E-state index contributed by atoms with van der Waals surface area (Å²) in [7, 11) is 0. The van der Waals surface area contributed by atoms with Crippen LogP contribution in [0.3, 0.4) is 0 Å². The highest BCUT2D eigenvalue weighted by Gasteiger charge is 2.17. The number of rotatable bonds is 9. The Hall–Kier alpha value is -3.53. The molecular formula is C33H39N3O. The average molecular weight is 494 g/mol. The van der Waals surface area contributed by atoms with Crippen LogP contribution in [-0.2, 0) is 6.42 Å². The predicted molar refractivity (Wildman–Crippen MR) is 154 cm³/mol. The van der Waals surface area contributed by atoms with Crippen molar-refractivity contribution in [1.29, 1.82) is 0 Å². The van der Waals surface area contributed by atoms with Gasteiger partial charge in [-0.3, -0.25) is 0 Å². The van der Waals surface area contributed by atoms with Gasteiger partial charge in [0.05, 0.1) is 5.56 Å². The summed E-state index contributed by atoms with van der Waals surface area (Å²) in [4.78, 5) is 14.6. The van der Waals surface area contributed by atoms with Gasteiger partial charge < -0.3 is 5.11 Å². The van der Waals surface area contributed by atoms with E-state index in [1.54, 1.807) is 0 Å². The van der Waals surface area contributed by atoms with Crippen molar-refractivity contribution in [2.45, 2.75) is 73.6 Å². The zero-order valence-corrected chi connectivity index (χ0v) is 23.1. The van der Waals surface area contributed by atoms with Gasteiger partial charge in [-0.1, -0.05) is 86.7 Å². The first-order chi connectivity index (χ1) is 17.7. The maximum Gasteiger partial charge on any atom is 0.167 e. The lowest BCUT2D eigenvalue weighted by molar-refractivity contribution is 0.475. The zero-order valence-electron chi connectivity index (χ0n) is 23.1. The lowest BCUT2D eigenvalue weighted by Crippen LogP contribution is -2.02. The van der Waals surface area contributed by atoms with Crippen molar-refractivity contribution in [3.05, 3.63) is 82.4 Å². The van der Waals surface area contributed by atoms with Crippen LogP contribution in [0.5, 0.6) is 5.75 Å². The first kappa shape index (κ1) is 26.5. The zero-order chi connectivity index (χ0) is 26.5. The van der Waals surface area contributed by atoms with Crippen LogP contribution in [0.1, 0.15) is 67.3 Å². The molecule has 0 spiro atoms. The minimum Gasteiger partial charge on any atom is -0.507 e. The van der Waals surface area contributed by atoms with Gasteiger partial charge in [0.2, 0.25) is 0 Å². The van der Waals surface area contributed by atoms with Gasteiger partial charge in [-0.05, 0) is 75.3 Å². The summed E-state index contributed by atoms with van der Waals surface area (Å²) in [5.41, 5.74) is 8.33. The molecule has 0 unspecified atom stereocenters. The molecule has 0 saturated carbocycles. The highest BCUT2D eigenvalue weighted by Crippen LogP contribution is 2.32. The number of phenols is 1. The molecule has 3 aromatic carbocycles. The van der Waals surface area contributed by atoms with Crippen molar-refractivity contribution in [2.75, 3.05) is 0 Å². The smallest absolute Gasteiger partial charge is 0.167 e. The van der Waals surface area contributed by atoms with Crippen LogP contribution in [-0.4, -0.2) is 20.1 Å². The minimum atomic E-state index is 0.212. The number of hydrogen-bond donors (Lipinski definition) is 1. The van der Waals surface area contributed by atoms with E-state index in [-0.39, 0.29) is 5.75 Å². The Morgan fingerprint density at radius 2 is 1.14 bits per heavy atom. The number of aromatic hydroxyl groups is 1. The van der Waals surface area contributed by atoms with E-state index >= 15 is 0 Å². The third-order valence-corrected chi connectivity index (χ3v) is 6.93. The number of benzene rings is 3. The number of hydrogen-bond acceptors (Lipinski definition) is 4. The van der Waals surface area contributed by atoms with E-state index in [0.29, 0.717) is 23.0 Å². The van der Waals surface area contributed by atoms with Crippen molar-refractivity contribution >= 4 is 0 Å². The van der Waals surface area contributed by atoms with Crippen molar-refractivity contribution in [2.24, 2.45) is 5.92 Å². The Kier molecular flexibility index (Phi) is 8.38. The molecular weight excluding hydrogens is 454 g/mol. The van der Waals surface area contributed by atoms with Crippen LogP contribution in [0.2, 0.25) is 0 Å². The van der Waals surface area contributed by atoms with Crippen molar-refractivity contribution < 1.29 is 5.11 Å². The van der Waals surface area contributed by atoms with Crippen LogP contribution in [0.15, 0.2) is 54.6 Å². The van der Waals surface area contributed by atoms with Gasteiger partial charge in [-0.2, -0.15) is 0 Å². The van der Waals surface area contributed by atoms with E-state index in [4.69, 9.17) is 15.0 Å². The number of nitrogens with zero attached hydrogens (tertiary/aromatic N) is 3. The Morgan fingerprint density at radius 1 is 0.622 bits per heavy atom. The second-order valence-corrected chi connectivity index (χ2v) is 10.8. The molecule has 37 heavy (non-hydrogen) atoms. The normalized spacial score (nSPS) is 11.3. The van der Waals surface area contributed by atoms with Gasteiger partial charge in [0, 0.05) is 11.1 Å². The molecule has 0 amide bonds. The fourth-order valence-corrected chi connectivity index (χ4v) is 4.85. The van der Waals surface area contributed by atoms with E-state index in [0.717, 1.165) is 46.6 Å². The molecule has 0 saturated heterocycles. The SMILES string of the molecule is Cc1ccc(-c2nc(-c3ccc(C)cc3C)nc(-c3ccc(CCCCCC(C)C)cc3O)n2)c(C)c1. The largest absolute Gasteiger partial charge is 0.507 e. The molecule has 1 N–H and O–H groups in total. The Bertz CT molecular complexity index is 1320. The number of aromatic nitrogens is 3. The second kappa shape index (κ2) is 11.7. The van der Waals surface area contributed by atoms with E-state index in [9.17, 15) is 5.11 Å². The molecule has 0 fully saturated rings. The fraction of sp³-hybridized carbons (Fsp3) is 0.364. The van der Waals surface area contributed by atoms with E-state index in [1.807, 2.05) is 12.1 Å². The van der Waals surface area contributed by atoms with Crippen molar-refractivity contribution in [3.8, 4) is 39.9 Å². The van der Waals surface area contributed by atoms with Gasteiger partial charge in [0.1, 0.15) is 5.75 Å². The molecule has 1 heterocycles. The van der Waals surface area contributed by atoms with Gasteiger partial charge in [0.15, 0.2) is 17.5 Å². The topological polar surface area (TPSA) is 58.9 Å². The lowest BCUT2D eigenvalue weighted by atomic mass is 10.0. The van der Waals surface area contributed by atoms with Gasteiger partial charge in [0.25, 0.3) is 0 Å². The molecule has 0 bridgehead atoms. The molecule has 0 atom stereocenters. The number of unbranched alkanes of at least 4 members (excludes halogenated alkanes) is 2. The minimum absolute atomic E-state index is 0.212. The summed E-state index contributed by atoms with van der Waals surface area (Å²) in [5.74, 6) is 2.69. The predicted octanol–water partition coefficient (Wildman–Crippen LogP) is 8.57. The number of phenolic OH excluding ortho intramolecular Hbond substituents is 1. The molecule has 4 heteroatoms. The highest BCUT2D eigenvalue weighted by atomic mass is 16.3. The third kappa shape index (κ3) is 6.62. The summed E-state index contributed by atoms with van der Waals surface area (Å²) < 4.78 is 0. The highest BCUT2D eigenvalue weighted by molar-refractivity contribution is 5.72. The van der Waals surface area contributed by atoms with Gasteiger partial charge in [-0.15, -0.1) is 0 Å².